The third-order valence-electron chi connectivity index (χ3n) is 3.41. The molecular formula is C17H11BrN4O2. The summed E-state index contributed by atoms with van der Waals surface area (Å²) in [7, 11) is 0. The topological polar surface area (TPSA) is 79.6 Å². The number of nitrogens with zero attached hydrogens (tertiary/aromatic N) is 3. The second kappa shape index (κ2) is 5.93. The summed E-state index contributed by atoms with van der Waals surface area (Å²) in [4.78, 5) is 12.8. The molecule has 6 nitrogen and oxygen atoms in total. The largest absolute Gasteiger partial charge is 0.508 e. The highest BCUT2D eigenvalue weighted by Gasteiger charge is 2.18. The van der Waals surface area contributed by atoms with Crippen molar-refractivity contribution in [2.45, 2.75) is 0 Å². The van der Waals surface area contributed by atoms with Gasteiger partial charge in [-0.3, -0.25) is 0 Å². The molecule has 0 saturated carbocycles. The Morgan fingerprint density at radius 2 is 2.00 bits per heavy atom. The van der Waals surface area contributed by atoms with E-state index in [9.17, 15) is 5.11 Å². The van der Waals surface area contributed by atoms with E-state index in [0.717, 1.165) is 10.2 Å². The van der Waals surface area contributed by atoms with Crippen LogP contribution >= 0.6 is 15.9 Å². The molecule has 0 atom stereocenters. The first-order chi connectivity index (χ1) is 11.7. The molecule has 1 aliphatic rings. The zero-order valence-electron chi connectivity index (χ0n) is 12.3. The van der Waals surface area contributed by atoms with Crippen molar-refractivity contribution in [3.63, 3.8) is 0 Å². The third kappa shape index (κ3) is 2.81. The van der Waals surface area contributed by atoms with Crippen LogP contribution in [0, 0.1) is 0 Å². The van der Waals surface area contributed by atoms with Crippen molar-refractivity contribution in [3.05, 3.63) is 58.8 Å². The summed E-state index contributed by atoms with van der Waals surface area (Å²) in [5.41, 5.74) is 2.02. The second-order valence-electron chi connectivity index (χ2n) is 5.09. The molecule has 2 aromatic carbocycles. The van der Waals surface area contributed by atoms with Gasteiger partial charge in [0, 0.05) is 21.9 Å². The molecule has 1 aliphatic heterocycles. The number of aliphatic imine (C=N–C) groups is 1. The maximum Gasteiger partial charge on any atom is 0.250 e. The van der Waals surface area contributed by atoms with Gasteiger partial charge in [-0.2, -0.15) is 4.98 Å². The summed E-state index contributed by atoms with van der Waals surface area (Å²) >= 11 is 3.44. The lowest BCUT2D eigenvalue weighted by molar-refractivity contribution is 0.455. The molecule has 0 saturated heterocycles. The van der Waals surface area contributed by atoms with Gasteiger partial charge in [0.1, 0.15) is 17.8 Å². The monoisotopic (exact) mass is 382 g/mol. The van der Waals surface area contributed by atoms with Gasteiger partial charge >= 0.3 is 0 Å². The Labute approximate surface area is 146 Å². The summed E-state index contributed by atoms with van der Waals surface area (Å²) in [6, 6.07) is 12.5. The number of aromatic hydroxyl groups is 1. The van der Waals surface area contributed by atoms with Gasteiger partial charge in [0.15, 0.2) is 11.5 Å². The van der Waals surface area contributed by atoms with Crippen LogP contribution < -0.4 is 10.1 Å². The average molecular weight is 383 g/mol. The third-order valence-corrected chi connectivity index (χ3v) is 3.90. The van der Waals surface area contributed by atoms with Crippen LogP contribution in [-0.2, 0) is 0 Å². The first-order valence-electron chi connectivity index (χ1n) is 7.11. The van der Waals surface area contributed by atoms with Crippen molar-refractivity contribution >= 4 is 39.3 Å². The van der Waals surface area contributed by atoms with Crippen molar-refractivity contribution in [2.75, 3.05) is 5.32 Å². The van der Waals surface area contributed by atoms with E-state index in [1.54, 1.807) is 24.4 Å². The number of fused-ring (bicyclic) bond motifs is 2. The van der Waals surface area contributed by atoms with Crippen molar-refractivity contribution in [1.82, 2.24) is 9.97 Å². The number of ether oxygens (including phenoxy) is 1. The number of hydrogen-bond acceptors (Lipinski definition) is 6. The van der Waals surface area contributed by atoms with Gasteiger partial charge in [0.25, 0.3) is 5.88 Å². The van der Waals surface area contributed by atoms with Crippen LogP contribution in [0.5, 0.6) is 17.4 Å². The zero-order valence-corrected chi connectivity index (χ0v) is 13.9. The Morgan fingerprint density at radius 3 is 2.88 bits per heavy atom. The molecule has 3 aromatic rings. The molecule has 4 rings (SSSR count). The number of rotatable bonds is 2. The van der Waals surface area contributed by atoms with E-state index in [-0.39, 0.29) is 5.75 Å². The lowest BCUT2D eigenvalue weighted by Crippen LogP contribution is -1.97. The number of aromatic nitrogens is 2. The molecule has 2 N–H and O–H groups in total. The standard InChI is InChI=1S/C17H11BrN4O2/c18-11-2-1-3-12(7-11)22-16-15-17(21-9-20-16)24-14-5-4-13(23)6-10(14)8-19-15/h1-9,23H,(H,20,21,22). The van der Waals surface area contributed by atoms with E-state index in [2.05, 4.69) is 36.2 Å². The molecule has 0 fully saturated rings. The van der Waals surface area contributed by atoms with Gasteiger partial charge in [-0.1, -0.05) is 22.0 Å². The first-order valence-corrected chi connectivity index (χ1v) is 7.91. The predicted octanol–water partition coefficient (Wildman–Crippen LogP) is 4.54. The fourth-order valence-corrected chi connectivity index (χ4v) is 2.72. The van der Waals surface area contributed by atoms with Gasteiger partial charge in [0.2, 0.25) is 0 Å². The van der Waals surface area contributed by atoms with Crippen LogP contribution in [0.15, 0.2) is 58.3 Å². The predicted molar refractivity (Wildman–Crippen MR) is 94.9 cm³/mol. The summed E-state index contributed by atoms with van der Waals surface area (Å²) in [5.74, 6) is 1.60. The zero-order chi connectivity index (χ0) is 16.5. The molecule has 0 amide bonds. The van der Waals surface area contributed by atoms with Crippen LogP contribution in [-0.4, -0.2) is 21.3 Å². The van der Waals surface area contributed by atoms with Crippen LogP contribution in [0.4, 0.5) is 17.2 Å². The van der Waals surface area contributed by atoms with Gasteiger partial charge < -0.3 is 15.2 Å². The van der Waals surface area contributed by atoms with Crippen molar-refractivity contribution in [2.24, 2.45) is 4.99 Å². The fraction of sp³-hybridized carbons (Fsp3) is 0. The second-order valence-corrected chi connectivity index (χ2v) is 6.01. The highest BCUT2D eigenvalue weighted by atomic mass is 79.9. The van der Waals surface area contributed by atoms with Crippen LogP contribution in [0.2, 0.25) is 0 Å². The molecule has 0 spiro atoms. The lowest BCUT2D eigenvalue weighted by Gasteiger charge is -2.11. The molecule has 1 aromatic heterocycles. The summed E-state index contributed by atoms with van der Waals surface area (Å²) in [6.07, 6.45) is 3.04. The summed E-state index contributed by atoms with van der Waals surface area (Å²) in [6.45, 7) is 0. The van der Waals surface area contributed by atoms with Crippen molar-refractivity contribution in [3.8, 4) is 17.4 Å². The molecule has 2 heterocycles. The van der Waals surface area contributed by atoms with Crippen molar-refractivity contribution in [1.29, 1.82) is 0 Å². The smallest absolute Gasteiger partial charge is 0.250 e. The van der Waals surface area contributed by atoms with Crippen LogP contribution in [0.1, 0.15) is 5.56 Å². The highest BCUT2D eigenvalue weighted by molar-refractivity contribution is 9.10. The maximum absolute atomic E-state index is 9.61. The average Bonchev–Trinajstić information content (AvgIpc) is 2.74. The highest BCUT2D eigenvalue weighted by Crippen LogP contribution is 2.39. The molecule has 0 unspecified atom stereocenters. The van der Waals surface area contributed by atoms with E-state index < -0.39 is 0 Å². The van der Waals surface area contributed by atoms with Gasteiger partial charge in [0.05, 0.1) is 0 Å². The normalized spacial score (nSPS) is 11.9. The van der Waals surface area contributed by atoms with Crippen LogP contribution in [0.25, 0.3) is 0 Å². The van der Waals surface area contributed by atoms with Crippen LogP contribution in [0.3, 0.4) is 0 Å². The maximum atomic E-state index is 9.61. The van der Waals surface area contributed by atoms with E-state index in [4.69, 9.17) is 4.74 Å². The molecule has 118 valence electrons. The van der Waals surface area contributed by atoms with E-state index in [0.29, 0.717) is 28.7 Å². The number of hydrogen-bond donors (Lipinski definition) is 2. The minimum atomic E-state index is 0.147. The number of benzene rings is 2. The molecule has 0 bridgehead atoms. The van der Waals surface area contributed by atoms with Gasteiger partial charge in [-0.05, 0) is 36.4 Å². The summed E-state index contributed by atoms with van der Waals surface area (Å²) < 4.78 is 6.78. The minimum absolute atomic E-state index is 0.147. The Kier molecular flexibility index (Phi) is 3.62. The Bertz CT molecular complexity index is 959. The van der Waals surface area contributed by atoms with Gasteiger partial charge in [-0.25, -0.2) is 9.98 Å². The van der Waals surface area contributed by atoms with E-state index in [1.165, 1.54) is 6.33 Å². The SMILES string of the molecule is Oc1ccc2c(c1)C=Nc1c(Nc3cccc(Br)c3)ncnc1O2. The van der Waals surface area contributed by atoms with Crippen molar-refractivity contribution < 1.29 is 9.84 Å². The minimum Gasteiger partial charge on any atom is -0.508 e. The fourth-order valence-electron chi connectivity index (χ4n) is 2.32. The Hall–Kier alpha value is -2.93. The number of halogens is 1. The molecule has 7 heteroatoms. The molecule has 0 radical (unpaired) electrons. The molecule has 0 aliphatic carbocycles. The first kappa shape index (κ1) is 14.6. The number of phenols is 1. The lowest BCUT2D eigenvalue weighted by atomic mass is 10.2. The molecule has 24 heavy (non-hydrogen) atoms. The summed E-state index contributed by atoms with van der Waals surface area (Å²) in [5, 5.41) is 12.8. The number of nitrogens with one attached hydrogen (secondary N) is 1. The van der Waals surface area contributed by atoms with E-state index in [1.807, 2.05) is 24.3 Å². The molecular weight excluding hydrogens is 372 g/mol. The number of anilines is 2. The number of phenolic OH excluding ortho intramolecular Hbond substituents is 1. The van der Waals surface area contributed by atoms with E-state index >= 15 is 0 Å². The Balaban J connectivity index is 1.75. The van der Waals surface area contributed by atoms with Gasteiger partial charge in [-0.15, -0.1) is 0 Å². The quantitative estimate of drug-likeness (QED) is 0.531. The Morgan fingerprint density at radius 1 is 1.08 bits per heavy atom.